The number of carboxylic acid groups (broad SMARTS) is 1. The third kappa shape index (κ3) is 1.86. The Morgan fingerprint density at radius 2 is 1.89 bits per heavy atom. The SMILES string of the molecule is Cc1cc2c(c(C3(C(=O)O)CCCC3)c1)OCCO2. The first kappa shape index (κ1) is 12.3. The lowest BCUT2D eigenvalue weighted by molar-refractivity contribution is -0.143. The highest BCUT2D eigenvalue weighted by Gasteiger charge is 2.46. The first-order chi connectivity index (χ1) is 9.13. The fraction of sp³-hybridized carbons (Fsp3) is 0.533. The van der Waals surface area contributed by atoms with Gasteiger partial charge in [0.05, 0.1) is 5.41 Å². The Kier molecular flexibility index (Phi) is 2.88. The van der Waals surface area contributed by atoms with Crippen LogP contribution >= 0.6 is 0 Å². The number of rotatable bonds is 2. The minimum atomic E-state index is -0.795. The molecule has 1 aliphatic heterocycles. The summed E-state index contributed by atoms with van der Waals surface area (Å²) in [5.41, 5.74) is 1.02. The van der Waals surface area contributed by atoms with Crippen LogP contribution < -0.4 is 9.47 Å². The number of hydrogen-bond donors (Lipinski definition) is 1. The molecule has 1 heterocycles. The molecule has 1 N–H and O–H groups in total. The molecule has 1 fully saturated rings. The van der Waals surface area contributed by atoms with Crippen LogP contribution in [0, 0.1) is 6.92 Å². The minimum absolute atomic E-state index is 0.485. The molecule has 0 unspecified atom stereocenters. The maximum atomic E-state index is 11.8. The fourth-order valence-electron chi connectivity index (χ4n) is 3.22. The van der Waals surface area contributed by atoms with Crippen LogP contribution in [-0.2, 0) is 10.2 Å². The number of carboxylic acids is 1. The average Bonchev–Trinajstić information content (AvgIpc) is 2.88. The second-order valence-corrected chi connectivity index (χ2v) is 5.43. The monoisotopic (exact) mass is 262 g/mol. The zero-order valence-corrected chi connectivity index (χ0v) is 11.1. The van der Waals surface area contributed by atoms with Crippen LogP contribution in [0.1, 0.15) is 36.8 Å². The molecule has 2 aliphatic rings. The van der Waals surface area contributed by atoms with Crippen molar-refractivity contribution in [2.75, 3.05) is 13.2 Å². The van der Waals surface area contributed by atoms with E-state index in [2.05, 4.69) is 0 Å². The van der Waals surface area contributed by atoms with E-state index in [1.807, 2.05) is 19.1 Å². The average molecular weight is 262 g/mol. The van der Waals surface area contributed by atoms with E-state index in [0.717, 1.165) is 24.0 Å². The highest BCUT2D eigenvalue weighted by molar-refractivity contribution is 5.83. The van der Waals surface area contributed by atoms with Crippen LogP contribution in [0.3, 0.4) is 0 Å². The summed E-state index contributed by atoms with van der Waals surface area (Å²) in [4.78, 5) is 11.8. The van der Waals surface area contributed by atoms with Crippen molar-refractivity contribution in [2.45, 2.75) is 38.0 Å². The number of ether oxygens (including phenoxy) is 2. The number of aryl methyl sites for hydroxylation is 1. The summed E-state index contributed by atoms with van der Waals surface area (Å²) in [7, 11) is 0. The Morgan fingerprint density at radius 1 is 1.21 bits per heavy atom. The first-order valence-corrected chi connectivity index (χ1v) is 6.78. The molecular weight excluding hydrogens is 244 g/mol. The lowest BCUT2D eigenvalue weighted by Crippen LogP contribution is -2.34. The number of benzene rings is 1. The molecule has 4 heteroatoms. The van der Waals surface area contributed by atoms with Crippen molar-refractivity contribution < 1.29 is 19.4 Å². The number of fused-ring (bicyclic) bond motifs is 1. The quantitative estimate of drug-likeness (QED) is 0.890. The van der Waals surface area contributed by atoms with Gasteiger partial charge in [-0.15, -0.1) is 0 Å². The molecule has 0 aromatic heterocycles. The molecule has 4 nitrogen and oxygen atoms in total. The summed E-state index contributed by atoms with van der Waals surface area (Å²) < 4.78 is 11.3. The summed E-state index contributed by atoms with van der Waals surface area (Å²) >= 11 is 0. The van der Waals surface area contributed by atoms with E-state index < -0.39 is 11.4 Å². The van der Waals surface area contributed by atoms with Crippen LogP contribution in [0.2, 0.25) is 0 Å². The lowest BCUT2D eigenvalue weighted by atomic mass is 9.77. The van der Waals surface area contributed by atoms with E-state index in [-0.39, 0.29) is 0 Å². The molecule has 102 valence electrons. The Morgan fingerprint density at radius 3 is 2.58 bits per heavy atom. The van der Waals surface area contributed by atoms with Gasteiger partial charge >= 0.3 is 5.97 Å². The zero-order valence-electron chi connectivity index (χ0n) is 11.1. The molecule has 3 rings (SSSR count). The summed E-state index contributed by atoms with van der Waals surface area (Å²) in [6.45, 7) is 2.97. The van der Waals surface area contributed by atoms with Crippen molar-refractivity contribution in [3.8, 4) is 11.5 Å². The van der Waals surface area contributed by atoms with Crippen LogP contribution in [0.5, 0.6) is 11.5 Å². The van der Waals surface area contributed by atoms with Crippen LogP contribution in [0.4, 0.5) is 0 Å². The van der Waals surface area contributed by atoms with Gasteiger partial charge in [-0.05, 0) is 31.4 Å². The Hall–Kier alpha value is -1.71. The van der Waals surface area contributed by atoms with Crippen molar-refractivity contribution in [3.63, 3.8) is 0 Å². The molecule has 1 aromatic rings. The summed E-state index contributed by atoms with van der Waals surface area (Å²) in [5, 5.41) is 9.71. The van der Waals surface area contributed by atoms with E-state index in [1.165, 1.54) is 0 Å². The Labute approximate surface area is 112 Å². The van der Waals surface area contributed by atoms with Gasteiger partial charge in [0.15, 0.2) is 11.5 Å². The van der Waals surface area contributed by atoms with Gasteiger partial charge in [-0.2, -0.15) is 0 Å². The third-order valence-electron chi connectivity index (χ3n) is 4.17. The van der Waals surface area contributed by atoms with Crippen molar-refractivity contribution in [3.05, 3.63) is 23.3 Å². The van der Waals surface area contributed by atoms with Gasteiger partial charge in [0.2, 0.25) is 0 Å². The molecule has 1 aromatic carbocycles. The van der Waals surface area contributed by atoms with Crippen LogP contribution in [0.25, 0.3) is 0 Å². The van der Waals surface area contributed by atoms with E-state index in [9.17, 15) is 9.90 Å². The van der Waals surface area contributed by atoms with E-state index >= 15 is 0 Å². The van der Waals surface area contributed by atoms with Gasteiger partial charge in [-0.3, -0.25) is 4.79 Å². The molecule has 0 spiro atoms. The van der Waals surface area contributed by atoms with Gasteiger partial charge in [0, 0.05) is 5.56 Å². The summed E-state index contributed by atoms with van der Waals surface area (Å²) in [6.07, 6.45) is 3.27. The van der Waals surface area contributed by atoms with Crippen LogP contribution in [-0.4, -0.2) is 24.3 Å². The Balaban J connectivity index is 2.18. The van der Waals surface area contributed by atoms with E-state index in [1.54, 1.807) is 0 Å². The molecule has 0 amide bonds. The lowest BCUT2D eigenvalue weighted by Gasteiger charge is -2.30. The van der Waals surface area contributed by atoms with Crippen molar-refractivity contribution >= 4 is 5.97 Å². The van der Waals surface area contributed by atoms with Crippen molar-refractivity contribution in [2.24, 2.45) is 0 Å². The van der Waals surface area contributed by atoms with Crippen LogP contribution in [0.15, 0.2) is 12.1 Å². The summed E-state index contributed by atoms with van der Waals surface area (Å²) in [6, 6.07) is 3.87. The highest BCUT2D eigenvalue weighted by atomic mass is 16.6. The van der Waals surface area contributed by atoms with Gasteiger partial charge in [0.1, 0.15) is 13.2 Å². The molecule has 19 heavy (non-hydrogen) atoms. The molecule has 0 radical (unpaired) electrons. The molecule has 0 saturated heterocycles. The standard InChI is InChI=1S/C15H18O4/c1-10-8-11(13-12(9-10)18-6-7-19-13)15(14(16)17)4-2-3-5-15/h8-9H,2-7H2,1H3,(H,16,17). The fourth-order valence-corrected chi connectivity index (χ4v) is 3.22. The normalized spacial score (nSPS) is 20.3. The number of hydrogen-bond acceptors (Lipinski definition) is 3. The Bertz CT molecular complexity index is 515. The van der Waals surface area contributed by atoms with Gasteiger partial charge < -0.3 is 14.6 Å². The predicted molar refractivity (Wildman–Crippen MR) is 70.0 cm³/mol. The maximum Gasteiger partial charge on any atom is 0.314 e. The largest absolute Gasteiger partial charge is 0.486 e. The molecular formula is C15H18O4. The van der Waals surface area contributed by atoms with Gasteiger partial charge in [0.25, 0.3) is 0 Å². The topological polar surface area (TPSA) is 55.8 Å². The van der Waals surface area contributed by atoms with Gasteiger partial charge in [-0.1, -0.05) is 18.9 Å². The minimum Gasteiger partial charge on any atom is -0.486 e. The first-order valence-electron chi connectivity index (χ1n) is 6.78. The van der Waals surface area contributed by atoms with E-state index in [4.69, 9.17) is 9.47 Å². The van der Waals surface area contributed by atoms with Crippen molar-refractivity contribution in [1.82, 2.24) is 0 Å². The maximum absolute atomic E-state index is 11.8. The summed E-state index contributed by atoms with van der Waals surface area (Å²) in [5.74, 6) is 0.585. The smallest absolute Gasteiger partial charge is 0.314 e. The van der Waals surface area contributed by atoms with Crippen molar-refractivity contribution in [1.29, 1.82) is 0 Å². The second kappa shape index (κ2) is 4.44. The second-order valence-electron chi connectivity index (χ2n) is 5.43. The molecule has 1 saturated carbocycles. The highest BCUT2D eigenvalue weighted by Crippen LogP contribution is 2.49. The number of carbonyl (C=O) groups is 1. The zero-order chi connectivity index (χ0) is 13.5. The number of aliphatic carboxylic acids is 1. The van der Waals surface area contributed by atoms with Gasteiger partial charge in [-0.25, -0.2) is 0 Å². The molecule has 1 aliphatic carbocycles. The predicted octanol–water partition coefficient (Wildman–Crippen LogP) is 2.66. The van der Waals surface area contributed by atoms with E-state index in [0.29, 0.717) is 37.6 Å². The molecule has 0 atom stereocenters. The molecule has 0 bridgehead atoms. The third-order valence-corrected chi connectivity index (χ3v) is 4.17.